The van der Waals surface area contributed by atoms with Crippen LogP contribution in [0, 0.1) is 0 Å². The summed E-state index contributed by atoms with van der Waals surface area (Å²) in [6, 6.07) is 9.02. The average molecular weight is 322 g/mol. The number of nitrogens with zero attached hydrogens (tertiary/aromatic N) is 2. The number of para-hydroxylation sites is 1. The van der Waals surface area contributed by atoms with Crippen molar-refractivity contribution in [3.05, 3.63) is 47.2 Å². The summed E-state index contributed by atoms with van der Waals surface area (Å²) in [4.78, 5) is 19.7. The maximum Gasteiger partial charge on any atom is 0.267 e. The van der Waals surface area contributed by atoms with Crippen LogP contribution in [0.3, 0.4) is 0 Å². The number of aromatic nitrogens is 2. The van der Waals surface area contributed by atoms with Crippen molar-refractivity contribution >= 4 is 27.8 Å². The minimum absolute atomic E-state index is 0.259. The molecule has 0 aliphatic heterocycles. The number of carbonyl (C=O) groups is 1. The quantitative estimate of drug-likeness (QED) is 0.940. The lowest BCUT2D eigenvalue weighted by Crippen LogP contribution is -2.30. The summed E-state index contributed by atoms with van der Waals surface area (Å²) >= 11 is 3.36. The van der Waals surface area contributed by atoms with Gasteiger partial charge in [-0.05, 0) is 41.1 Å². The van der Waals surface area contributed by atoms with E-state index in [1.807, 2.05) is 18.2 Å². The average Bonchev–Trinajstić information content (AvgIpc) is 2.42. The van der Waals surface area contributed by atoms with Crippen LogP contribution in [0.25, 0.3) is 0 Å². The molecule has 0 fully saturated rings. The third-order valence-corrected chi connectivity index (χ3v) is 2.97. The zero-order valence-corrected chi connectivity index (χ0v) is 11.8. The minimum atomic E-state index is -0.650. The van der Waals surface area contributed by atoms with Gasteiger partial charge in [-0.1, -0.05) is 12.1 Å². The molecule has 2 rings (SSSR count). The molecule has 5 nitrogen and oxygen atoms in total. The van der Waals surface area contributed by atoms with Gasteiger partial charge in [0.25, 0.3) is 5.91 Å². The minimum Gasteiger partial charge on any atom is -0.480 e. The van der Waals surface area contributed by atoms with Crippen molar-refractivity contribution in [3.8, 4) is 5.75 Å². The Labute approximate surface area is 119 Å². The molecule has 1 heterocycles. The van der Waals surface area contributed by atoms with E-state index in [1.165, 1.54) is 0 Å². The standard InChI is InChI=1S/C13H12BrN3O2/c1-9(19-11-6-3-2-5-10(11)14)12(18)17-13-15-7-4-8-16-13/h2-9H,1H3,(H,15,16,17,18). The zero-order chi connectivity index (χ0) is 13.7. The van der Waals surface area contributed by atoms with Gasteiger partial charge < -0.3 is 4.74 Å². The molecule has 1 aromatic heterocycles. The highest BCUT2D eigenvalue weighted by Crippen LogP contribution is 2.24. The monoisotopic (exact) mass is 321 g/mol. The van der Waals surface area contributed by atoms with Crippen LogP contribution in [0.15, 0.2) is 47.2 Å². The summed E-state index contributed by atoms with van der Waals surface area (Å²) in [6.45, 7) is 1.66. The van der Waals surface area contributed by atoms with Crippen LogP contribution >= 0.6 is 15.9 Å². The normalized spacial score (nSPS) is 11.7. The summed E-state index contributed by atoms with van der Waals surface area (Å²) in [7, 11) is 0. The van der Waals surface area contributed by atoms with Gasteiger partial charge in [-0.3, -0.25) is 10.1 Å². The molecule has 1 unspecified atom stereocenters. The Morgan fingerprint density at radius 3 is 2.63 bits per heavy atom. The summed E-state index contributed by atoms with van der Waals surface area (Å²) in [5.74, 6) is 0.566. The Morgan fingerprint density at radius 1 is 1.26 bits per heavy atom. The highest BCUT2D eigenvalue weighted by atomic mass is 79.9. The number of amides is 1. The third kappa shape index (κ3) is 3.75. The molecule has 98 valence electrons. The molecule has 0 aliphatic rings. The van der Waals surface area contributed by atoms with E-state index in [4.69, 9.17) is 4.74 Å². The number of anilines is 1. The number of rotatable bonds is 4. The van der Waals surface area contributed by atoms with E-state index < -0.39 is 6.10 Å². The van der Waals surface area contributed by atoms with Crippen LogP contribution in [0.4, 0.5) is 5.95 Å². The molecule has 2 aromatic rings. The first-order valence-electron chi connectivity index (χ1n) is 5.66. The highest BCUT2D eigenvalue weighted by molar-refractivity contribution is 9.10. The molecule has 0 radical (unpaired) electrons. The Kier molecular flexibility index (Phi) is 4.46. The first kappa shape index (κ1) is 13.5. The van der Waals surface area contributed by atoms with Gasteiger partial charge in [0.1, 0.15) is 5.75 Å². The van der Waals surface area contributed by atoms with Crippen LogP contribution in [0.2, 0.25) is 0 Å². The first-order valence-corrected chi connectivity index (χ1v) is 6.45. The lowest BCUT2D eigenvalue weighted by molar-refractivity contribution is -0.122. The first-order chi connectivity index (χ1) is 9.16. The maximum absolute atomic E-state index is 11.9. The van der Waals surface area contributed by atoms with E-state index in [9.17, 15) is 4.79 Å². The van der Waals surface area contributed by atoms with Crippen LogP contribution in [-0.2, 0) is 4.79 Å². The maximum atomic E-state index is 11.9. The van der Waals surface area contributed by atoms with Gasteiger partial charge in [0.15, 0.2) is 6.10 Å². The van der Waals surface area contributed by atoms with Crippen molar-refractivity contribution in [2.24, 2.45) is 0 Å². The van der Waals surface area contributed by atoms with Gasteiger partial charge in [0.05, 0.1) is 4.47 Å². The fraction of sp³-hybridized carbons (Fsp3) is 0.154. The van der Waals surface area contributed by atoms with Gasteiger partial charge in [-0.15, -0.1) is 0 Å². The second-order valence-electron chi connectivity index (χ2n) is 3.75. The number of hydrogen-bond acceptors (Lipinski definition) is 4. The molecule has 6 heteroatoms. The van der Waals surface area contributed by atoms with E-state index in [0.717, 1.165) is 4.47 Å². The largest absolute Gasteiger partial charge is 0.480 e. The number of nitrogens with one attached hydrogen (secondary N) is 1. The Hall–Kier alpha value is -1.95. The van der Waals surface area contributed by atoms with Crippen LogP contribution in [0.5, 0.6) is 5.75 Å². The van der Waals surface area contributed by atoms with Crippen molar-refractivity contribution in [2.75, 3.05) is 5.32 Å². The van der Waals surface area contributed by atoms with Gasteiger partial charge in [0.2, 0.25) is 5.95 Å². The van der Waals surface area contributed by atoms with Crippen LogP contribution in [-0.4, -0.2) is 22.0 Å². The molecule has 0 saturated heterocycles. The summed E-state index contributed by atoms with van der Waals surface area (Å²) in [5.41, 5.74) is 0. The van der Waals surface area contributed by atoms with E-state index in [2.05, 4.69) is 31.2 Å². The Balaban J connectivity index is 1.98. The predicted octanol–water partition coefficient (Wildman–Crippen LogP) is 2.65. The van der Waals surface area contributed by atoms with Gasteiger partial charge in [-0.2, -0.15) is 0 Å². The fourth-order valence-corrected chi connectivity index (χ4v) is 1.74. The van der Waals surface area contributed by atoms with E-state index in [1.54, 1.807) is 31.5 Å². The highest BCUT2D eigenvalue weighted by Gasteiger charge is 2.16. The second kappa shape index (κ2) is 6.29. The molecular formula is C13H12BrN3O2. The van der Waals surface area contributed by atoms with Crippen LogP contribution in [0.1, 0.15) is 6.92 Å². The smallest absolute Gasteiger partial charge is 0.267 e. The lowest BCUT2D eigenvalue weighted by Gasteiger charge is -2.14. The summed E-state index contributed by atoms with van der Waals surface area (Å²) < 4.78 is 6.36. The second-order valence-corrected chi connectivity index (χ2v) is 4.61. The summed E-state index contributed by atoms with van der Waals surface area (Å²) in [6.07, 6.45) is 2.46. The SMILES string of the molecule is CC(Oc1ccccc1Br)C(=O)Nc1ncccn1. The van der Waals surface area contributed by atoms with Crippen molar-refractivity contribution in [3.63, 3.8) is 0 Å². The molecule has 1 aromatic carbocycles. The zero-order valence-electron chi connectivity index (χ0n) is 10.2. The van der Waals surface area contributed by atoms with Crippen molar-refractivity contribution < 1.29 is 9.53 Å². The number of hydrogen-bond donors (Lipinski definition) is 1. The fourth-order valence-electron chi connectivity index (χ4n) is 1.36. The summed E-state index contributed by atoms with van der Waals surface area (Å²) in [5, 5.41) is 2.58. The van der Waals surface area contributed by atoms with E-state index in [0.29, 0.717) is 5.75 Å². The molecule has 0 bridgehead atoms. The van der Waals surface area contributed by atoms with Crippen molar-refractivity contribution in [2.45, 2.75) is 13.0 Å². The predicted molar refractivity (Wildman–Crippen MR) is 74.9 cm³/mol. The van der Waals surface area contributed by atoms with Crippen molar-refractivity contribution in [1.29, 1.82) is 0 Å². The molecule has 1 N–H and O–H groups in total. The molecular weight excluding hydrogens is 310 g/mol. The van der Waals surface area contributed by atoms with Gasteiger partial charge in [-0.25, -0.2) is 9.97 Å². The van der Waals surface area contributed by atoms with Gasteiger partial charge in [0, 0.05) is 12.4 Å². The van der Waals surface area contributed by atoms with E-state index >= 15 is 0 Å². The molecule has 1 atom stereocenters. The number of benzene rings is 1. The molecule has 19 heavy (non-hydrogen) atoms. The van der Waals surface area contributed by atoms with Crippen LogP contribution < -0.4 is 10.1 Å². The Bertz CT molecular complexity index is 563. The molecule has 0 saturated carbocycles. The number of carbonyl (C=O) groups excluding carboxylic acids is 1. The Morgan fingerprint density at radius 2 is 1.95 bits per heavy atom. The third-order valence-electron chi connectivity index (χ3n) is 2.31. The number of halogens is 1. The molecule has 0 aliphatic carbocycles. The van der Waals surface area contributed by atoms with E-state index in [-0.39, 0.29) is 11.9 Å². The molecule has 1 amide bonds. The molecule has 0 spiro atoms. The van der Waals surface area contributed by atoms with Gasteiger partial charge >= 0.3 is 0 Å². The topological polar surface area (TPSA) is 64.1 Å². The number of ether oxygens (including phenoxy) is 1. The van der Waals surface area contributed by atoms with Crippen molar-refractivity contribution in [1.82, 2.24) is 9.97 Å². The lowest BCUT2D eigenvalue weighted by atomic mass is 10.3.